The van der Waals surface area contributed by atoms with Gasteiger partial charge in [0.25, 0.3) is 0 Å². The first kappa shape index (κ1) is 69.2. The number of hydrogen-bond donors (Lipinski definition) is 0. The van der Waals surface area contributed by atoms with Crippen molar-refractivity contribution in [3.8, 4) is 56.3 Å². The summed E-state index contributed by atoms with van der Waals surface area (Å²) in [4.78, 5) is 37.8. The van der Waals surface area contributed by atoms with Gasteiger partial charge in [0.2, 0.25) is 0 Å². The van der Waals surface area contributed by atoms with E-state index in [2.05, 4.69) is 112 Å². The van der Waals surface area contributed by atoms with Crippen LogP contribution in [-0.4, -0.2) is 49.8 Å². The van der Waals surface area contributed by atoms with Crippen LogP contribution in [-0.2, 0) is 101 Å². The Kier molecular flexibility index (Phi) is 33.6. The van der Waals surface area contributed by atoms with Gasteiger partial charge in [0.05, 0.1) is 0 Å². The van der Waals surface area contributed by atoms with Gasteiger partial charge >= 0.3 is 0 Å². The van der Waals surface area contributed by atoms with Gasteiger partial charge in [0.15, 0.2) is 0 Å². The SMILES string of the molecule is Clc1nc(Br)c[c-]c1-c1ccccn1.Fc1c[c-]c(-c2ccccn2)c(Cl)n1.Fc1c[c-]c(-c2ccccn2)c(F)n1.Fc1nc(Br)c[c-]c1-c1ccccn1.Fc1nc(Cl)c[c-]c1-c1ccccn1.[Ir].[Ir].[Ir].[Ir].[Ir]. The van der Waals surface area contributed by atoms with E-state index in [1.807, 2.05) is 24.3 Å². The van der Waals surface area contributed by atoms with E-state index >= 15 is 0 Å². The zero-order valence-corrected chi connectivity index (χ0v) is 54.3. The molecule has 0 bridgehead atoms. The van der Waals surface area contributed by atoms with Crippen molar-refractivity contribution < 1.29 is 122 Å². The van der Waals surface area contributed by atoms with Crippen molar-refractivity contribution in [2.24, 2.45) is 0 Å². The van der Waals surface area contributed by atoms with Gasteiger partial charge in [-0.05, 0) is 58.8 Å². The standard InChI is InChI=1S/C10H5BrClN2.C10H5BrFN2.2C10H5ClFN2.C10H5F2N2.5Ir/c2*11-9-5-4-7(10(12)14-9)8-3-1-2-6-13-8;11-10-7(4-5-9(12)14-10)8-3-1-2-6-13-8;2*11-9-5-4-7(10(12)14-9)8-3-1-2-6-13-8;;;;;/h5*1-3,5-6H;;;;;/q5*-1;;;;;. The molecule has 0 saturated heterocycles. The van der Waals surface area contributed by atoms with Crippen LogP contribution in [0.25, 0.3) is 56.3 Å². The Hall–Kier alpha value is -3.77. The van der Waals surface area contributed by atoms with Crippen LogP contribution in [0.5, 0.6) is 0 Å². The molecule has 10 nitrogen and oxygen atoms in total. The Morgan fingerprint density at radius 2 is 0.627 bits per heavy atom. The van der Waals surface area contributed by atoms with Crippen molar-refractivity contribution in [1.82, 2.24) is 49.8 Å². The molecule has 10 aromatic heterocycles. The molecule has 5 radical (unpaired) electrons. The molecule has 75 heavy (non-hydrogen) atoms. The maximum absolute atomic E-state index is 13.3. The molecule has 0 aliphatic carbocycles. The van der Waals surface area contributed by atoms with E-state index in [1.54, 1.807) is 104 Å². The minimum absolute atomic E-state index is 0. The zero-order valence-electron chi connectivity index (χ0n) is 36.9. The molecule has 10 heterocycles. The number of rotatable bonds is 5. The van der Waals surface area contributed by atoms with Crippen molar-refractivity contribution in [3.63, 3.8) is 0 Å². The summed E-state index contributed by atoms with van der Waals surface area (Å²) in [5, 5.41) is 0.559. The number of pyridine rings is 10. The Morgan fingerprint density at radius 1 is 0.333 bits per heavy atom. The quantitative estimate of drug-likeness (QED) is 0.0933. The fourth-order valence-electron chi connectivity index (χ4n) is 5.32. The summed E-state index contributed by atoms with van der Waals surface area (Å²) in [5.41, 5.74) is 4.64. The number of nitrogens with zero attached hydrogens (tertiary/aromatic N) is 10. The first-order chi connectivity index (χ1) is 33.9. The predicted octanol–water partition coefficient (Wildman–Crippen LogP) is 13.9. The maximum atomic E-state index is 13.3. The predicted molar refractivity (Wildman–Crippen MR) is 262 cm³/mol. The minimum Gasteiger partial charge on any atom is -0.326 e. The average molecular weight is 2090 g/mol. The monoisotopic (exact) mass is 2090 g/mol. The summed E-state index contributed by atoms with van der Waals surface area (Å²) in [6.07, 6.45) is 8.04. The van der Waals surface area contributed by atoms with Crippen molar-refractivity contribution in [2.75, 3.05) is 0 Å². The smallest absolute Gasteiger partial charge is 0.128 e. The van der Waals surface area contributed by atoms with E-state index in [9.17, 15) is 22.0 Å². The molecule has 0 fully saturated rings. The van der Waals surface area contributed by atoms with E-state index in [-0.39, 0.29) is 128 Å². The van der Waals surface area contributed by atoms with Gasteiger partial charge in [0, 0.05) is 156 Å². The first-order valence-corrected chi connectivity index (χ1v) is 22.3. The van der Waals surface area contributed by atoms with Gasteiger partial charge < -0.3 is 44.9 Å². The van der Waals surface area contributed by atoms with E-state index in [0.29, 0.717) is 42.7 Å². The van der Waals surface area contributed by atoms with E-state index in [4.69, 9.17) is 34.8 Å². The summed E-state index contributed by atoms with van der Waals surface area (Å²) < 4.78 is 65.9. The zero-order chi connectivity index (χ0) is 49.8. The van der Waals surface area contributed by atoms with Gasteiger partial charge in [-0.15, -0.1) is 83.3 Å². The topological polar surface area (TPSA) is 129 Å². The molecule has 0 aromatic carbocycles. The van der Waals surface area contributed by atoms with Crippen molar-refractivity contribution >= 4 is 66.7 Å². The summed E-state index contributed by atoms with van der Waals surface area (Å²) in [7, 11) is 0. The van der Waals surface area contributed by atoms with Crippen LogP contribution in [0.15, 0.2) is 162 Å². The molecule has 0 N–H and O–H groups in total. The van der Waals surface area contributed by atoms with Crippen molar-refractivity contribution in [1.29, 1.82) is 0 Å². The average Bonchev–Trinajstić information content (AvgIpc) is 3.36. The third-order valence-electron chi connectivity index (χ3n) is 8.34. The molecule has 0 aliphatic heterocycles. The van der Waals surface area contributed by atoms with Gasteiger partial charge in [0.1, 0.15) is 29.7 Å². The summed E-state index contributed by atoms with van der Waals surface area (Å²) in [6.45, 7) is 0. The fraction of sp³-hybridized carbons (Fsp3) is 0. The van der Waals surface area contributed by atoms with Crippen molar-refractivity contribution in [2.45, 2.75) is 0 Å². The van der Waals surface area contributed by atoms with Gasteiger partial charge in [-0.3, -0.25) is 4.98 Å². The Balaban J connectivity index is 0.000000461. The molecule has 0 amide bonds. The second-order valence-corrected chi connectivity index (χ2v) is 15.7. The van der Waals surface area contributed by atoms with E-state index in [0.717, 1.165) is 23.4 Å². The van der Waals surface area contributed by atoms with Crippen LogP contribution in [0.2, 0.25) is 15.5 Å². The molecule has 395 valence electrons. The van der Waals surface area contributed by atoms with Gasteiger partial charge in [-0.2, -0.15) is 0 Å². The molecule has 0 atom stereocenters. The molecule has 10 aromatic rings. The van der Waals surface area contributed by atoms with Crippen LogP contribution in [0.4, 0.5) is 22.0 Å². The van der Waals surface area contributed by atoms with Crippen LogP contribution < -0.4 is 0 Å². The van der Waals surface area contributed by atoms with Crippen LogP contribution >= 0.6 is 66.7 Å². The summed E-state index contributed by atoms with van der Waals surface area (Å²) >= 11 is 23.5. The second-order valence-electron chi connectivity index (χ2n) is 13.0. The number of aromatic nitrogens is 10. The van der Waals surface area contributed by atoms with Crippen LogP contribution in [0.1, 0.15) is 0 Å². The third kappa shape index (κ3) is 22.2. The molecule has 0 saturated carbocycles. The number of halogens is 10. The molecule has 25 heteroatoms. The maximum Gasteiger partial charge on any atom is 0.128 e. The normalized spacial score (nSPS) is 9.47. The molecule has 10 rings (SSSR count). The Labute approximate surface area is 526 Å². The molecular weight excluding hydrogens is 2060 g/mol. The van der Waals surface area contributed by atoms with Crippen molar-refractivity contribution in [3.05, 3.63) is 237 Å². The first-order valence-electron chi connectivity index (χ1n) is 19.6. The van der Waals surface area contributed by atoms with Gasteiger partial charge in [-0.25, -0.2) is 22.0 Å². The number of hydrogen-bond acceptors (Lipinski definition) is 10. The van der Waals surface area contributed by atoms with E-state index < -0.39 is 29.7 Å². The van der Waals surface area contributed by atoms with Crippen LogP contribution in [0, 0.1) is 60.1 Å². The Bertz CT molecular complexity index is 2760. The molecule has 0 spiro atoms. The van der Waals surface area contributed by atoms with E-state index in [1.165, 1.54) is 12.3 Å². The Morgan fingerprint density at radius 3 is 0.960 bits per heavy atom. The second kappa shape index (κ2) is 36.3. The molecular formula is C50H25Br2Cl3F5Ir5N10-5. The summed E-state index contributed by atoms with van der Waals surface area (Å²) in [5.74, 6) is -3.66. The minimum atomic E-state index is -0.899. The molecule has 0 unspecified atom stereocenters. The van der Waals surface area contributed by atoms with Crippen LogP contribution in [0.3, 0.4) is 0 Å². The molecule has 0 aliphatic rings. The third-order valence-corrected chi connectivity index (χ3v) is 9.89. The van der Waals surface area contributed by atoms with Gasteiger partial charge in [-0.1, -0.05) is 132 Å². The fourth-order valence-corrected chi connectivity index (χ4v) is 6.58. The summed E-state index contributed by atoms with van der Waals surface area (Å²) in [6, 6.07) is 46.9. The largest absolute Gasteiger partial charge is 0.326 e.